The maximum absolute atomic E-state index is 11.0. The van der Waals surface area contributed by atoms with Crippen LogP contribution in [0.4, 0.5) is 0 Å². The van der Waals surface area contributed by atoms with Gasteiger partial charge >= 0.3 is 0 Å². The molecule has 1 heterocycles. The van der Waals surface area contributed by atoms with Crippen LogP contribution in [-0.4, -0.2) is 14.9 Å². The lowest BCUT2D eigenvalue weighted by molar-refractivity contribution is -0.155. The maximum atomic E-state index is 11.0. The first-order valence-corrected chi connectivity index (χ1v) is 7.65. The topological polar surface area (TPSA) is 38.0 Å². The van der Waals surface area contributed by atoms with Crippen LogP contribution in [0.25, 0.3) is 0 Å². The molecule has 4 fully saturated rings. The SMILES string of the molecule is Cn1cc(C(O)C23CC4CC(CC(C)(C4)C2)C3)cn1. The Morgan fingerprint density at radius 1 is 1.32 bits per heavy atom. The molecule has 4 aliphatic rings. The summed E-state index contributed by atoms with van der Waals surface area (Å²) in [7, 11) is 1.93. The lowest BCUT2D eigenvalue weighted by atomic mass is 9.43. The minimum atomic E-state index is -0.313. The van der Waals surface area contributed by atoms with Gasteiger partial charge in [-0.3, -0.25) is 4.68 Å². The summed E-state index contributed by atoms with van der Waals surface area (Å²) < 4.78 is 1.81. The molecule has 1 aromatic heterocycles. The molecule has 1 aromatic rings. The van der Waals surface area contributed by atoms with E-state index in [9.17, 15) is 5.11 Å². The van der Waals surface area contributed by atoms with Crippen molar-refractivity contribution in [2.45, 2.75) is 51.6 Å². The van der Waals surface area contributed by atoms with Crippen LogP contribution in [0.5, 0.6) is 0 Å². The van der Waals surface area contributed by atoms with E-state index in [1.807, 2.05) is 19.4 Å². The summed E-state index contributed by atoms with van der Waals surface area (Å²) in [5.41, 5.74) is 1.66. The molecule has 1 N–H and O–H groups in total. The van der Waals surface area contributed by atoms with Crippen molar-refractivity contribution in [1.82, 2.24) is 9.78 Å². The summed E-state index contributed by atoms with van der Waals surface area (Å²) in [6, 6.07) is 0. The van der Waals surface area contributed by atoms with E-state index < -0.39 is 0 Å². The second-order valence-electron chi connectivity index (χ2n) is 7.98. The molecule has 4 saturated carbocycles. The Kier molecular flexibility index (Phi) is 2.28. The highest BCUT2D eigenvalue weighted by molar-refractivity contribution is 5.17. The van der Waals surface area contributed by atoms with Crippen LogP contribution >= 0.6 is 0 Å². The van der Waals surface area contributed by atoms with E-state index in [2.05, 4.69) is 12.0 Å². The first kappa shape index (κ1) is 12.0. The lowest BCUT2D eigenvalue weighted by Crippen LogP contribution is -2.53. The van der Waals surface area contributed by atoms with Crippen LogP contribution in [0.2, 0.25) is 0 Å². The van der Waals surface area contributed by atoms with Crippen LogP contribution in [-0.2, 0) is 7.05 Å². The third-order valence-corrected chi connectivity index (χ3v) is 6.02. The molecule has 3 unspecified atom stereocenters. The first-order valence-electron chi connectivity index (χ1n) is 7.65. The Morgan fingerprint density at radius 3 is 2.53 bits per heavy atom. The van der Waals surface area contributed by atoms with Crippen LogP contribution in [0, 0.1) is 22.7 Å². The van der Waals surface area contributed by atoms with Crippen molar-refractivity contribution in [1.29, 1.82) is 0 Å². The fraction of sp³-hybridized carbons (Fsp3) is 0.812. The van der Waals surface area contributed by atoms with Crippen LogP contribution in [0.15, 0.2) is 12.4 Å². The van der Waals surface area contributed by atoms with E-state index in [1.165, 1.54) is 38.5 Å². The molecule has 4 aliphatic carbocycles. The van der Waals surface area contributed by atoms with Crippen molar-refractivity contribution in [3.63, 3.8) is 0 Å². The van der Waals surface area contributed by atoms with E-state index in [0.29, 0.717) is 5.41 Å². The summed E-state index contributed by atoms with van der Waals surface area (Å²) in [4.78, 5) is 0. The highest BCUT2D eigenvalue weighted by atomic mass is 16.3. The predicted octanol–water partition coefficient (Wildman–Crippen LogP) is 3.06. The van der Waals surface area contributed by atoms with Gasteiger partial charge in [-0.1, -0.05) is 6.92 Å². The normalized spacial score (nSPS) is 45.6. The number of aliphatic hydroxyl groups excluding tert-OH is 1. The fourth-order valence-corrected chi connectivity index (χ4v) is 6.05. The first-order chi connectivity index (χ1) is 8.98. The van der Waals surface area contributed by atoms with Gasteiger partial charge in [0, 0.05) is 24.2 Å². The van der Waals surface area contributed by atoms with Crippen molar-refractivity contribution >= 4 is 0 Å². The summed E-state index contributed by atoms with van der Waals surface area (Å²) in [6.07, 6.45) is 11.4. The number of rotatable bonds is 2. The molecule has 0 aromatic carbocycles. The molecule has 3 atom stereocenters. The second kappa shape index (κ2) is 3.63. The van der Waals surface area contributed by atoms with Gasteiger partial charge < -0.3 is 5.11 Å². The van der Waals surface area contributed by atoms with Gasteiger partial charge in [0.25, 0.3) is 0 Å². The van der Waals surface area contributed by atoms with Crippen molar-refractivity contribution < 1.29 is 5.11 Å². The van der Waals surface area contributed by atoms with Crippen molar-refractivity contribution in [3.8, 4) is 0 Å². The molecule has 5 rings (SSSR count). The zero-order valence-electron chi connectivity index (χ0n) is 12.0. The molecule has 0 aliphatic heterocycles. The summed E-state index contributed by atoms with van der Waals surface area (Å²) in [5.74, 6) is 1.72. The summed E-state index contributed by atoms with van der Waals surface area (Å²) in [5, 5.41) is 15.2. The molecular formula is C16H24N2O. The summed E-state index contributed by atoms with van der Waals surface area (Å²) >= 11 is 0. The number of hydrogen-bond donors (Lipinski definition) is 1. The third kappa shape index (κ3) is 1.70. The Bertz CT molecular complexity index is 493. The lowest BCUT2D eigenvalue weighted by Gasteiger charge is -2.62. The molecule has 0 radical (unpaired) electrons. The van der Waals surface area contributed by atoms with Gasteiger partial charge in [-0.15, -0.1) is 0 Å². The van der Waals surface area contributed by atoms with Crippen molar-refractivity contribution in [3.05, 3.63) is 18.0 Å². The number of aryl methyl sites for hydroxylation is 1. The molecular weight excluding hydrogens is 236 g/mol. The Hall–Kier alpha value is -0.830. The largest absolute Gasteiger partial charge is 0.388 e. The van der Waals surface area contributed by atoms with Gasteiger partial charge in [0.2, 0.25) is 0 Å². The molecule has 0 amide bonds. The van der Waals surface area contributed by atoms with E-state index in [-0.39, 0.29) is 11.5 Å². The van der Waals surface area contributed by atoms with Crippen molar-refractivity contribution in [2.75, 3.05) is 0 Å². The molecule has 19 heavy (non-hydrogen) atoms. The molecule has 3 heteroatoms. The number of hydrogen-bond acceptors (Lipinski definition) is 2. The third-order valence-electron chi connectivity index (χ3n) is 6.02. The Balaban J connectivity index is 1.70. The van der Waals surface area contributed by atoms with Gasteiger partial charge in [0.15, 0.2) is 0 Å². The molecule has 104 valence electrons. The average Bonchev–Trinajstić information content (AvgIpc) is 2.71. The predicted molar refractivity (Wildman–Crippen MR) is 73.4 cm³/mol. The van der Waals surface area contributed by atoms with Crippen LogP contribution in [0.1, 0.15) is 57.1 Å². The second-order valence-corrected chi connectivity index (χ2v) is 7.98. The van der Waals surface area contributed by atoms with E-state index >= 15 is 0 Å². The zero-order chi connectivity index (χ0) is 13.3. The standard InChI is InChI=1S/C16H24N2O/c1-15-4-11-3-12(5-15)7-16(6-11,10-15)14(19)13-8-17-18(2)9-13/h8-9,11-12,14,19H,3-7,10H2,1-2H3. The fourth-order valence-electron chi connectivity index (χ4n) is 6.05. The quantitative estimate of drug-likeness (QED) is 0.887. The minimum absolute atomic E-state index is 0.141. The van der Waals surface area contributed by atoms with Crippen LogP contribution in [0.3, 0.4) is 0 Å². The average molecular weight is 260 g/mol. The Morgan fingerprint density at radius 2 is 2.00 bits per heavy atom. The van der Waals surface area contributed by atoms with E-state index in [1.54, 1.807) is 4.68 Å². The highest BCUT2D eigenvalue weighted by Gasteiger charge is 2.58. The maximum Gasteiger partial charge on any atom is 0.0877 e. The van der Waals surface area contributed by atoms with E-state index in [0.717, 1.165) is 17.4 Å². The van der Waals surface area contributed by atoms with Crippen molar-refractivity contribution in [2.24, 2.45) is 29.7 Å². The number of aliphatic hydroxyl groups is 1. The van der Waals surface area contributed by atoms with Gasteiger partial charge in [-0.05, 0) is 55.8 Å². The number of aromatic nitrogens is 2. The number of nitrogens with zero attached hydrogens (tertiary/aromatic N) is 2. The van der Waals surface area contributed by atoms with Gasteiger partial charge in [0.05, 0.1) is 12.3 Å². The molecule has 0 saturated heterocycles. The molecule has 0 spiro atoms. The monoisotopic (exact) mass is 260 g/mol. The van der Waals surface area contributed by atoms with Crippen LogP contribution < -0.4 is 0 Å². The highest BCUT2D eigenvalue weighted by Crippen LogP contribution is 2.68. The van der Waals surface area contributed by atoms with Gasteiger partial charge in [-0.2, -0.15) is 5.10 Å². The van der Waals surface area contributed by atoms with Gasteiger partial charge in [-0.25, -0.2) is 0 Å². The molecule has 4 bridgehead atoms. The smallest absolute Gasteiger partial charge is 0.0877 e. The van der Waals surface area contributed by atoms with E-state index in [4.69, 9.17) is 0 Å². The minimum Gasteiger partial charge on any atom is -0.388 e. The van der Waals surface area contributed by atoms with Gasteiger partial charge in [0.1, 0.15) is 0 Å². The Labute approximate surface area is 115 Å². The molecule has 3 nitrogen and oxygen atoms in total. The zero-order valence-corrected chi connectivity index (χ0v) is 12.0. The summed E-state index contributed by atoms with van der Waals surface area (Å²) in [6.45, 7) is 2.45.